The van der Waals surface area contributed by atoms with Crippen LogP contribution in [0, 0.1) is 12.8 Å². The van der Waals surface area contributed by atoms with Crippen molar-refractivity contribution < 1.29 is 9.59 Å². The van der Waals surface area contributed by atoms with Gasteiger partial charge in [0.1, 0.15) is 0 Å². The van der Waals surface area contributed by atoms with Gasteiger partial charge in [-0.15, -0.1) is 0 Å². The van der Waals surface area contributed by atoms with Gasteiger partial charge in [0, 0.05) is 18.7 Å². The van der Waals surface area contributed by atoms with E-state index in [-0.39, 0.29) is 17.9 Å². The molecule has 1 unspecified atom stereocenters. The van der Waals surface area contributed by atoms with Crippen LogP contribution in [-0.4, -0.2) is 11.8 Å². The van der Waals surface area contributed by atoms with E-state index >= 15 is 0 Å². The molecule has 0 heterocycles. The van der Waals surface area contributed by atoms with Crippen LogP contribution in [0.1, 0.15) is 42.5 Å². The number of benzene rings is 2. The molecule has 0 saturated heterocycles. The molecule has 1 aliphatic rings. The fraction of sp³-hybridized carbons (Fsp3) is 0.273. The van der Waals surface area contributed by atoms with Crippen LogP contribution in [0.5, 0.6) is 0 Å². The summed E-state index contributed by atoms with van der Waals surface area (Å²) in [6.07, 6.45) is 5.67. The quantitative estimate of drug-likeness (QED) is 0.767. The molecule has 0 radical (unpaired) electrons. The van der Waals surface area contributed by atoms with Crippen molar-refractivity contribution in [2.45, 2.75) is 32.7 Å². The zero-order chi connectivity index (χ0) is 18.5. The highest BCUT2D eigenvalue weighted by atomic mass is 16.2. The summed E-state index contributed by atoms with van der Waals surface area (Å²) in [7, 11) is 0. The first kappa shape index (κ1) is 17.9. The maximum atomic E-state index is 12.4. The van der Waals surface area contributed by atoms with E-state index in [2.05, 4.69) is 41.8 Å². The molecule has 4 nitrogen and oxygen atoms in total. The van der Waals surface area contributed by atoms with Gasteiger partial charge in [-0.05, 0) is 55.0 Å². The first-order valence-corrected chi connectivity index (χ1v) is 8.94. The van der Waals surface area contributed by atoms with E-state index in [1.165, 1.54) is 18.1 Å². The molecule has 1 saturated carbocycles. The summed E-state index contributed by atoms with van der Waals surface area (Å²) in [5, 5.41) is 5.86. The third kappa shape index (κ3) is 5.06. The average Bonchev–Trinajstić information content (AvgIpc) is 3.44. The van der Waals surface area contributed by atoms with E-state index in [1.54, 1.807) is 12.2 Å². The van der Waals surface area contributed by atoms with Crippen molar-refractivity contribution in [3.8, 4) is 0 Å². The molecule has 134 valence electrons. The highest BCUT2D eigenvalue weighted by Crippen LogP contribution is 2.41. The second kappa shape index (κ2) is 8.00. The Bertz CT molecular complexity index is 803. The standard InChI is InChI=1S/C22H24N2O2/c1-15-3-8-18(9-4-15)22(19-10-11-19)24-21(26)14-7-17-5-12-20(13-6-17)23-16(2)25/h3-9,12-14,19,22H,10-11H2,1-2H3,(H,23,25)(H,24,26)/b14-7+. The van der Waals surface area contributed by atoms with Crippen LogP contribution < -0.4 is 10.6 Å². The molecule has 1 aliphatic carbocycles. The summed E-state index contributed by atoms with van der Waals surface area (Å²) < 4.78 is 0. The molecular weight excluding hydrogens is 324 g/mol. The zero-order valence-electron chi connectivity index (χ0n) is 15.2. The normalized spacial score (nSPS) is 14.8. The molecule has 2 amide bonds. The van der Waals surface area contributed by atoms with Gasteiger partial charge < -0.3 is 10.6 Å². The Kier molecular flexibility index (Phi) is 5.52. The van der Waals surface area contributed by atoms with E-state index in [0.717, 1.165) is 24.1 Å². The number of aryl methyl sites for hydroxylation is 1. The van der Waals surface area contributed by atoms with Crippen molar-refractivity contribution >= 4 is 23.6 Å². The van der Waals surface area contributed by atoms with Crippen LogP contribution in [-0.2, 0) is 9.59 Å². The summed E-state index contributed by atoms with van der Waals surface area (Å²) in [5.74, 6) is 0.343. The van der Waals surface area contributed by atoms with Gasteiger partial charge in [-0.25, -0.2) is 0 Å². The number of rotatable bonds is 6. The van der Waals surface area contributed by atoms with Gasteiger partial charge in [-0.1, -0.05) is 42.0 Å². The Balaban J connectivity index is 1.62. The maximum absolute atomic E-state index is 12.4. The largest absolute Gasteiger partial charge is 0.345 e. The zero-order valence-corrected chi connectivity index (χ0v) is 15.2. The van der Waals surface area contributed by atoms with Crippen LogP contribution in [0.4, 0.5) is 5.69 Å². The molecule has 2 aromatic rings. The van der Waals surface area contributed by atoms with Crippen molar-refractivity contribution in [3.63, 3.8) is 0 Å². The maximum Gasteiger partial charge on any atom is 0.244 e. The van der Waals surface area contributed by atoms with Gasteiger partial charge in [0.2, 0.25) is 11.8 Å². The van der Waals surface area contributed by atoms with Gasteiger partial charge in [-0.3, -0.25) is 9.59 Å². The second-order valence-electron chi connectivity index (χ2n) is 6.87. The van der Waals surface area contributed by atoms with E-state index < -0.39 is 0 Å². The van der Waals surface area contributed by atoms with Gasteiger partial charge in [0.05, 0.1) is 6.04 Å². The third-order valence-corrected chi connectivity index (χ3v) is 4.49. The molecule has 0 aliphatic heterocycles. The lowest BCUT2D eigenvalue weighted by Gasteiger charge is -2.18. The van der Waals surface area contributed by atoms with Crippen LogP contribution >= 0.6 is 0 Å². The van der Waals surface area contributed by atoms with Gasteiger partial charge in [-0.2, -0.15) is 0 Å². The fourth-order valence-electron chi connectivity index (χ4n) is 2.93. The lowest BCUT2D eigenvalue weighted by atomic mass is 10.0. The molecular formula is C22H24N2O2. The Hall–Kier alpha value is -2.88. The molecule has 3 rings (SSSR count). The van der Waals surface area contributed by atoms with Gasteiger partial charge in [0.15, 0.2) is 0 Å². The molecule has 2 aromatic carbocycles. The van der Waals surface area contributed by atoms with Crippen molar-refractivity contribution in [1.82, 2.24) is 5.32 Å². The lowest BCUT2D eigenvalue weighted by molar-refractivity contribution is -0.117. The molecule has 1 atom stereocenters. The first-order valence-electron chi connectivity index (χ1n) is 8.94. The van der Waals surface area contributed by atoms with Crippen LogP contribution in [0.15, 0.2) is 54.6 Å². The summed E-state index contributed by atoms with van der Waals surface area (Å²) >= 11 is 0. The molecule has 0 aromatic heterocycles. The van der Waals surface area contributed by atoms with E-state index in [0.29, 0.717) is 5.92 Å². The SMILES string of the molecule is CC(=O)Nc1ccc(/C=C/C(=O)NC(c2ccc(C)cc2)C2CC2)cc1. The van der Waals surface area contributed by atoms with Crippen molar-refractivity contribution in [2.24, 2.45) is 5.92 Å². The monoisotopic (exact) mass is 348 g/mol. The van der Waals surface area contributed by atoms with Gasteiger partial charge in [0.25, 0.3) is 0 Å². The number of nitrogens with one attached hydrogen (secondary N) is 2. The predicted octanol–water partition coefficient (Wildman–Crippen LogP) is 4.23. The van der Waals surface area contributed by atoms with E-state index in [4.69, 9.17) is 0 Å². The Morgan fingerprint density at radius 1 is 1.04 bits per heavy atom. The smallest absolute Gasteiger partial charge is 0.244 e. The highest BCUT2D eigenvalue weighted by Gasteiger charge is 2.32. The minimum atomic E-state index is -0.102. The fourth-order valence-corrected chi connectivity index (χ4v) is 2.93. The van der Waals surface area contributed by atoms with Gasteiger partial charge >= 0.3 is 0 Å². The topological polar surface area (TPSA) is 58.2 Å². The minimum absolute atomic E-state index is 0.0786. The van der Waals surface area contributed by atoms with Crippen LogP contribution in [0.3, 0.4) is 0 Å². The number of carbonyl (C=O) groups is 2. The second-order valence-corrected chi connectivity index (χ2v) is 6.87. The average molecular weight is 348 g/mol. The van der Waals surface area contributed by atoms with E-state index in [1.807, 2.05) is 24.3 Å². The number of anilines is 1. The van der Waals surface area contributed by atoms with Crippen molar-refractivity contribution in [2.75, 3.05) is 5.32 Å². The first-order chi connectivity index (χ1) is 12.5. The molecule has 4 heteroatoms. The molecule has 26 heavy (non-hydrogen) atoms. The third-order valence-electron chi connectivity index (χ3n) is 4.49. The summed E-state index contributed by atoms with van der Waals surface area (Å²) in [6.45, 7) is 3.54. The summed E-state index contributed by atoms with van der Waals surface area (Å²) in [5.41, 5.74) is 4.04. The Labute approximate surface area is 154 Å². The van der Waals surface area contributed by atoms with Crippen LogP contribution in [0.25, 0.3) is 6.08 Å². The number of hydrogen-bond acceptors (Lipinski definition) is 2. The summed E-state index contributed by atoms with van der Waals surface area (Å²) in [6, 6.07) is 15.8. The highest BCUT2D eigenvalue weighted by molar-refractivity contribution is 5.92. The molecule has 1 fully saturated rings. The Morgan fingerprint density at radius 2 is 1.69 bits per heavy atom. The molecule has 2 N–H and O–H groups in total. The van der Waals surface area contributed by atoms with Crippen molar-refractivity contribution in [1.29, 1.82) is 0 Å². The number of amides is 2. The lowest BCUT2D eigenvalue weighted by Crippen LogP contribution is -2.28. The predicted molar refractivity (Wildman–Crippen MR) is 105 cm³/mol. The van der Waals surface area contributed by atoms with Crippen LogP contribution in [0.2, 0.25) is 0 Å². The number of carbonyl (C=O) groups excluding carboxylic acids is 2. The molecule has 0 spiro atoms. The Morgan fingerprint density at radius 3 is 2.27 bits per heavy atom. The van der Waals surface area contributed by atoms with E-state index in [9.17, 15) is 9.59 Å². The van der Waals surface area contributed by atoms with Crippen molar-refractivity contribution in [3.05, 3.63) is 71.3 Å². The number of hydrogen-bond donors (Lipinski definition) is 2. The minimum Gasteiger partial charge on any atom is -0.345 e. The summed E-state index contributed by atoms with van der Waals surface area (Å²) in [4.78, 5) is 23.4. The molecule has 0 bridgehead atoms.